The van der Waals surface area contributed by atoms with Crippen molar-refractivity contribution < 1.29 is 18.0 Å². The number of hydrogen-bond acceptors (Lipinski definition) is 6. The van der Waals surface area contributed by atoms with Crippen molar-refractivity contribution in [3.63, 3.8) is 0 Å². The zero-order valence-corrected chi connectivity index (χ0v) is 18.3. The number of rotatable bonds is 3. The number of carbonyl (C=O) groups is 1. The molecule has 1 saturated heterocycles. The van der Waals surface area contributed by atoms with E-state index >= 15 is 0 Å². The van der Waals surface area contributed by atoms with Crippen LogP contribution in [0.15, 0.2) is 61.2 Å². The van der Waals surface area contributed by atoms with Gasteiger partial charge in [-0.1, -0.05) is 18.2 Å². The lowest BCUT2D eigenvalue weighted by molar-refractivity contribution is -0.136. The van der Waals surface area contributed by atoms with Gasteiger partial charge in [0.2, 0.25) is 0 Å². The second-order valence-electron chi connectivity index (χ2n) is 7.97. The molecule has 35 heavy (non-hydrogen) atoms. The molecule has 11 heteroatoms. The van der Waals surface area contributed by atoms with E-state index in [1.165, 1.54) is 29.2 Å². The second-order valence-corrected chi connectivity index (χ2v) is 7.97. The molecule has 8 nitrogen and oxygen atoms in total. The summed E-state index contributed by atoms with van der Waals surface area (Å²) >= 11 is 0. The minimum Gasteiger partial charge on any atom is -0.352 e. The molecular weight excluding hydrogens is 459 g/mol. The summed E-state index contributed by atoms with van der Waals surface area (Å²) in [5.74, 6) is 0.167. The SMILES string of the molecule is N#Cc1ccnc(-n2cc(C(F)(F)F)c3c(N4CCN(C(=O)c5ccccc5)CC4)ncnc32)c1. The predicted molar refractivity (Wildman–Crippen MR) is 121 cm³/mol. The van der Waals surface area contributed by atoms with Crippen LogP contribution in [0.4, 0.5) is 19.0 Å². The summed E-state index contributed by atoms with van der Waals surface area (Å²) in [5, 5.41) is 9.03. The van der Waals surface area contributed by atoms with Crippen LogP contribution >= 0.6 is 0 Å². The summed E-state index contributed by atoms with van der Waals surface area (Å²) in [6, 6.07) is 13.7. The zero-order chi connectivity index (χ0) is 24.6. The molecule has 0 bridgehead atoms. The van der Waals surface area contributed by atoms with Crippen LogP contribution in [0.3, 0.4) is 0 Å². The maximum absolute atomic E-state index is 14.1. The third-order valence-corrected chi connectivity index (χ3v) is 5.88. The molecule has 4 aromatic rings. The van der Waals surface area contributed by atoms with Crippen LogP contribution < -0.4 is 4.90 Å². The van der Waals surface area contributed by atoms with Crippen LogP contribution in [-0.2, 0) is 6.18 Å². The molecule has 0 spiro atoms. The number of hydrogen-bond donors (Lipinski definition) is 0. The van der Waals surface area contributed by atoms with Crippen LogP contribution in [0, 0.1) is 11.3 Å². The number of pyridine rings is 1. The topological polar surface area (TPSA) is 90.9 Å². The number of amides is 1. The average molecular weight is 477 g/mol. The molecule has 1 aliphatic rings. The van der Waals surface area contributed by atoms with E-state index in [4.69, 9.17) is 0 Å². The van der Waals surface area contributed by atoms with Gasteiger partial charge in [0.25, 0.3) is 5.91 Å². The molecule has 4 heterocycles. The van der Waals surface area contributed by atoms with E-state index in [0.717, 1.165) is 6.20 Å². The molecule has 176 valence electrons. The van der Waals surface area contributed by atoms with Gasteiger partial charge in [0.05, 0.1) is 22.6 Å². The molecule has 1 aliphatic heterocycles. The summed E-state index contributed by atoms with van der Waals surface area (Å²) in [4.78, 5) is 28.6. The van der Waals surface area contributed by atoms with Crippen LogP contribution in [0.25, 0.3) is 16.9 Å². The minimum atomic E-state index is -4.67. The predicted octanol–water partition coefficient (Wildman–Crippen LogP) is 3.67. The molecule has 0 saturated carbocycles. The monoisotopic (exact) mass is 477 g/mol. The number of alkyl halides is 3. The molecule has 3 aromatic heterocycles. The molecule has 0 aliphatic carbocycles. The van der Waals surface area contributed by atoms with Gasteiger partial charge in [-0.25, -0.2) is 15.0 Å². The Kier molecular flexibility index (Phi) is 5.56. The van der Waals surface area contributed by atoms with Crippen molar-refractivity contribution in [2.45, 2.75) is 6.18 Å². The average Bonchev–Trinajstić information content (AvgIpc) is 3.30. The van der Waals surface area contributed by atoms with Crippen molar-refractivity contribution in [2.75, 3.05) is 31.1 Å². The molecular formula is C24H18F3N7O. The Morgan fingerprint density at radius 2 is 1.74 bits per heavy atom. The van der Waals surface area contributed by atoms with Crippen LogP contribution in [0.5, 0.6) is 0 Å². The Morgan fingerprint density at radius 1 is 1.00 bits per heavy atom. The number of fused-ring (bicyclic) bond motifs is 1. The van der Waals surface area contributed by atoms with E-state index < -0.39 is 11.7 Å². The third kappa shape index (κ3) is 4.14. The van der Waals surface area contributed by atoms with Crippen molar-refractivity contribution in [1.29, 1.82) is 5.26 Å². The van der Waals surface area contributed by atoms with E-state index in [-0.39, 0.29) is 34.1 Å². The number of nitrogens with zero attached hydrogens (tertiary/aromatic N) is 7. The first kappa shape index (κ1) is 22.3. The highest BCUT2D eigenvalue weighted by Gasteiger charge is 2.38. The molecule has 1 aromatic carbocycles. The van der Waals surface area contributed by atoms with Crippen molar-refractivity contribution in [3.8, 4) is 11.9 Å². The summed E-state index contributed by atoms with van der Waals surface area (Å²) in [6.45, 7) is 1.31. The molecule has 0 N–H and O–H groups in total. The van der Waals surface area contributed by atoms with Crippen molar-refractivity contribution >= 4 is 22.8 Å². The Hall–Kier alpha value is -4.46. The number of halogens is 3. The van der Waals surface area contributed by atoms with E-state index in [2.05, 4.69) is 15.0 Å². The Labute approximate surface area is 197 Å². The van der Waals surface area contributed by atoms with Gasteiger partial charge in [-0.3, -0.25) is 9.36 Å². The van der Waals surface area contributed by atoms with Gasteiger partial charge in [-0.2, -0.15) is 18.4 Å². The van der Waals surface area contributed by atoms with E-state index in [0.29, 0.717) is 31.7 Å². The Morgan fingerprint density at radius 3 is 2.43 bits per heavy atom. The number of carbonyl (C=O) groups excluding carboxylic acids is 1. The van der Waals surface area contributed by atoms with Gasteiger partial charge in [-0.15, -0.1) is 0 Å². The number of aromatic nitrogens is 4. The maximum atomic E-state index is 14.1. The van der Waals surface area contributed by atoms with E-state index in [1.807, 2.05) is 12.1 Å². The number of anilines is 1. The number of benzene rings is 1. The van der Waals surface area contributed by atoms with Crippen molar-refractivity contribution in [1.82, 2.24) is 24.4 Å². The fourth-order valence-electron chi connectivity index (χ4n) is 4.18. The highest BCUT2D eigenvalue weighted by molar-refractivity contribution is 5.95. The van der Waals surface area contributed by atoms with Gasteiger partial charge in [0, 0.05) is 44.1 Å². The summed E-state index contributed by atoms with van der Waals surface area (Å²) in [5.41, 5.74) is -0.0319. The molecule has 1 fully saturated rings. The first-order valence-corrected chi connectivity index (χ1v) is 10.8. The van der Waals surface area contributed by atoms with Gasteiger partial charge < -0.3 is 9.80 Å². The van der Waals surface area contributed by atoms with Crippen LogP contribution in [0.2, 0.25) is 0 Å². The molecule has 0 atom stereocenters. The summed E-state index contributed by atoms with van der Waals surface area (Å²) in [7, 11) is 0. The maximum Gasteiger partial charge on any atom is 0.418 e. The number of piperazine rings is 1. The lowest BCUT2D eigenvalue weighted by Gasteiger charge is -2.35. The Balaban J connectivity index is 1.51. The first-order chi connectivity index (χ1) is 16.9. The highest BCUT2D eigenvalue weighted by Crippen LogP contribution is 2.40. The van der Waals surface area contributed by atoms with Crippen LogP contribution in [-0.4, -0.2) is 56.5 Å². The largest absolute Gasteiger partial charge is 0.418 e. The highest BCUT2D eigenvalue weighted by atomic mass is 19.4. The lowest BCUT2D eigenvalue weighted by Crippen LogP contribution is -2.49. The fraction of sp³-hybridized carbons (Fsp3) is 0.208. The normalized spacial score (nSPS) is 14.2. The molecule has 0 unspecified atom stereocenters. The summed E-state index contributed by atoms with van der Waals surface area (Å²) in [6.07, 6.45) is -1.16. The first-order valence-electron chi connectivity index (χ1n) is 10.8. The molecule has 1 amide bonds. The van der Waals surface area contributed by atoms with Gasteiger partial charge >= 0.3 is 6.18 Å². The van der Waals surface area contributed by atoms with Gasteiger partial charge in [-0.05, 0) is 24.3 Å². The Bertz CT molecular complexity index is 1440. The zero-order valence-electron chi connectivity index (χ0n) is 18.3. The fourth-order valence-corrected chi connectivity index (χ4v) is 4.18. The van der Waals surface area contributed by atoms with Crippen molar-refractivity contribution in [3.05, 3.63) is 77.9 Å². The smallest absolute Gasteiger partial charge is 0.352 e. The second kappa shape index (κ2) is 8.72. The molecule has 0 radical (unpaired) electrons. The lowest BCUT2D eigenvalue weighted by atomic mass is 10.1. The molecule has 5 rings (SSSR count). The summed E-state index contributed by atoms with van der Waals surface area (Å²) < 4.78 is 43.5. The van der Waals surface area contributed by atoms with Gasteiger partial charge in [0.1, 0.15) is 18.0 Å². The quantitative estimate of drug-likeness (QED) is 0.447. The number of nitriles is 1. The van der Waals surface area contributed by atoms with E-state index in [1.54, 1.807) is 34.1 Å². The third-order valence-electron chi connectivity index (χ3n) is 5.88. The van der Waals surface area contributed by atoms with E-state index in [9.17, 15) is 23.2 Å². The standard InChI is InChI=1S/C24H18F3N7O/c25-24(26,27)18-14-34(19-12-16(13-28)6-7-29-19)22-20(18)21(30-15-31-22)32-8-10-33(11-9-32)23(35)17-4-2-1-3-5-17/h1-7,12,14-15H,8-11H2. The van der Waals surface area contributed by atoms with Gasteiger partial charge in [0.15, 0.2) is 5.65 Å². The van der Waals surface area contributed by atoms with Crippen molar-refractivity contribution in [2.24, 2.45) is 0 Å². The minimum absolute atomic E-state index is 0.0349. The van der Waals surface area contributed by atoms with Crippen LogP contribution in [0.1, 0.15) is 21.5 Å².